The summed E-state index contributed by atoms with van der Waals surface area (Å²) in [5.41, 5.74) is 4.37. The molecule has 1 N–H and O–H groups in total. The van der Waals surface area contributed by atoms with Crippen LogP contribution in [-0.2, 0) is 16.8 Å². The van der Waals surface area contributed by atoms with Gasteiger partial charge < -0.3 is 9.88 Å². The van der Waals surface area contributed by atoms with Crippen LogP contribution in [0, 0.1) is 0 Å². The summed E-state index contributed by atoms with van der Waals surface area (Å²) >= 11 is 0. The summed E-state index contributed by atoms with van der Waals surface area (Å²) < 4.78 is 2.06. The molecule has 1 fully saturated rings. The highest BCUT2D eigenvalue weighted by Gasteiger charge is 2.20. The number of nitrogens with one attached hydrogen (secondary N) is 1. The molecule has 0 spiro atoms. The maximum absolute atomic E-state index is 12.8. The number of rotatable bonds is 4. The van der Waals surface area contributed by atoms with Gasteiger partial charge in [0.2, 0.25) is 5.91 Å². The number of amides is 1. The number of para-hydroxylation sites is 2. The maximum atomic E-state index is 12.8. The number of hydrogen-bond acceptors (Lipinski definition) is 2. The Morgan fingerprint density at radius 3 is 2.41 bits per heavy atom. The number of carbonyl (C=O) groups is 1. The number of imidazole rings is 1. The van der Waals surface area contributed by atoms with E-state index in [-0.39, 0.29) is 11.3 Å². The molecule has 0 atom stereocenters. The molecule has 1 heterocycles. The van der Waals surface area contributed by atoms with Crippen LogP contribution in [0.4, 0.5) is 0 Å². The van der Waals surface area contributed by atoms with Gasteiger partial charge in [0, 0.05) is 11.6 Å². The van der Waals surface area contributed by atoms with Crippen LogP contribution in [-0.4, -0.2) is 21.5 Å². The second-order valence-electron chi connectivity index (χ2n) is 9.24. The third-order valence-corrected chi connectivity index (χ3v) is 5.94. The number of carbonyl (C=O) groups excluding carboxylic acids is 1. The van der Waals surface area contributed by atoms with Crippen molar-refractivity contribution in [1.29, 1.82) is 0 Å². The minimum absolute atomic E-state index is 0.0765. The van der Waals surface area contributed by atoms with Crippen LogP contribution >= 0.6 is 0 Å². The summed E-state index contributed by atoms with van der Waals surface area (Å²) in [6.07, 6.45) is 5.90. The molecule has 4 nitrogen and oxygen atoms in total. The van der Waals surface area contributed by atoms with E-state index in [0.29, 0.717) is 12.6 Å². The standard InChI is InChI=1S/C25H31N3O/c1-25(2,3)19-15-13-18(14-16-19)24-27-21-11-7-8-12-22(21)28(24)17-23(29)26-20-9-5-4-6-10-20/h7-8,11-16,20H,4-6,9-10,17H2,1-3H3,(H,26,29). The van der Waals surface area contributed by atoms with E-state index in [1.165, 1.54) is 24.8 Å². The van der Waals surface area contributed by atoms with E-state index >= 15 is 0 Å². The number of hydrogen-bond donors (Lipinski definition) is 1. The number of aromatic nitrogens is 2. The lowest BCUT2D eigenvalue weighted by molar-refractivity contribution is -0.122. The van der Waals surface area contributed by atoms with Gasteiger partial charge in [-0.15, -0.1) is 0 Å². The molecule has 0 bridgehead atoms. The average molecular weight is 390 g/mol. The zero-order chi connectivity index (χ0) is 20.4. The Balaban J connectivity index is 1.64. The second kappa shape index (κ2) is 8.02. The van der Waals surface area contributed by atoms with Gasteiger partial charge in [-0.3, -0.25) is 4.79 Å². The molecule has 1 aliphatic carbocycles. The van der Waals surface area contributed by atoms with Gasteiger partial charge in [0.25, 0.3) is 0 Å². The average Bonchev–Trinajstić information content (AvgIpc) is 3.06. The number of benzene rings is 2. The van der Waals surface area contributed by atoms with Gasteiger partial charge in [0.05, 0.1) is 11.0 Å². The van der Waals surface area contributed by atoms with Crippen molar-refractivity contribution in [2.24, 2.45) is 0 Å². The Kier molecular flexibility index (Phi) is 5.44. The highest BCUT2D eigenvalue weighted by Crippen LogP contribution is 2.28. The van der Waals surface area contributed by atoms with E-state index in [9.17, 15) is 4.79 Å². The topological polar surface area (TPSA) is 46.9 Å². The SMILES string of the molecule is CC(C)(C)c1ccc(-c2nc3ccccc3n2CC(=O)NC2CCCCC2)cc1. The molecular weight excluding hydrogens is 358 g/mol. The van der Waals surface area contributed by atoms with E-state index in [1.807, 2.05) is 24.3 Å². The molecule has 0 saturated heterocycles. The van der Waals surface area contributed by atoms with Crippen molar-refractivity contribution in [2.45, 2.75) is 70.9 Å². The Labute approximate surface area is 173 Å². The van der Waals surface area contributed by atoms with E-state index in [0.717, 1.165) is 35.3 Å². The summed E-state index contributed by atoms with van der Waals surface area (Å²) in [5.74, 6) is 0.929. The van der Waals surface area contributed by atoms with Crippen LogP contribution in [0.2, 0.25) is 0 Å². The Morgan fingerprint density at radius 2 is 1.72 bits per heavy atom. The lowest BCUT2D eigenvalue weighted by Crippen LogP contribution is -2.38. The van der Waals surface area contributed by atoms with Gasteiger partial charge in [-0.05, 0) is 36.0 Å². The van der Waals surface area contributed by atoms with Crippen molar-refractivity contribution < 1.29 is 4.79 Å². The molecule has 1 aromatic heterocycles. The molecular formula is C25H31N3O. The Morgan fingerprint density at radius 1 is 1.03 bits per heavy atom. The molecule has 29 heavy (non-hydrogen) atoms. The van der Waals surface area contributed by atoms with Crippen molar-refractivity contribution in [2.75, 3.05) is 0 Å². The van der Waals surface area contributed by atoms with Crippen LogP contribution in [0.3, 0.4) is 0 Å². The summed E-state index contributed by atoms with van der Waals surface area (Å²) in [4.78, 5) is 17.7. The molecule has 4 heteroatoms. The largest absolute Gasteiger partial charge is 0.352 e. The number of nitrogens with zero attached hydrogens (tertiary/aromatic N) is 2. The van der Waals surface area contributed by atoms with Gasteiger partial charge in [0.1, 0.15) is 12.4 Å². The molecule has 1 amide bonds. The van der Waals surface area contributed by atoms with E-state index in [2.05, 4.69) is 54.9 Å². The summed E-state index contributed by atoms with van der Waals surface area (Å²) in [5, 5.41) is 3.24. The quantitative estimate of drug-likeness (QED) is 0.645. The molecule has 1 aliphatic rings. The normalized spacial score (nSPS) is 15.6. The van der Waals surface area contributed by atoms with Crippen LogP contribution in [0.5, 0.6) is 0 Å². The number of fused-ring (bicyclic) bond motifs is 1. The second-order valence-corrected chi connectivity index (χ2v) is 9.24. The molecule has 4 rings (SSSR count). The molecule has 3 aromatic rings. The van der Waals surface area contributed by atoms with Crippen molar-refractivity contribution in [3.63, 3.8) is 0 Å². The van der Waals surface area contributed by atoms with Gasteiger partial charge in [0.15, 0.2) is 0 Å². The van der Waals surface area contributed by atoms with Crippen molar-refractivity contribution in [3.05, 3.63) is 54.1 Å². The first-order chi connectivity index (χ1) is 13.9. The van der Waals surface area contributed by atoms with Gasteiger partial charge >= 0.3 is 0 Å². The fourth-order valence-electron chi connectivity index (χ4n) is 4.24. The van der Waals surface area contributed by atoms with Crippen molar-refractivity contribution in [1.82, 2.24) is 14.9 Å². The fraction of sp³-hybridized carbons (Fsp3) is 0.440. The van der Waals surface area contributed by atoms with Crippen molar-refractivity contribution >= 4 is 16.9 Å². The molecule has 2 aromatic carbocycles. The first kappa shape index (κ1) is 19.7. The molecule has 1 saturated carbocycles. The minimum atomic E-state index is 0.0765. The van der Waals surface area contributed by atoms with Crippen LogP contribution in [0.1, 0.15) is 58.4 Å². The third kappa shape index (κ3) is 4.36. The van der Waals surface area contributed by atoms with Crippen LogP contribution < -0.4 is 5.32 Å². The lowest BCUT2D eigenvalue weighted by atomic mass is 9.87. The maximum Gasteiger partial charge on any atom is 0.240 e. The third-order valence-electron chi connectivity index (χ3n) is 5.94. The first-order valence-corrected chi connectivity index (χ1v) is 10.8. The highest BCUT2D eigenvalue weighted by atomic mass is 16.2. The Hall–Kier alpha value is -2.62. The van der Waals surface area contributed by atoms with Gasteiger partial charge in [-0.25, -0.2) is 4.98 Å². The van der Waals surface area contributed by atoms with Gasteiger partial charge in [-0.2, -0.15) is 0 Å². The molecule has 0 unspecified atom stereocenters. The molecule has 0 aliphatic heterocycles. The van der Waals surface area contributed by atoms with E-state index in [4.69, 9.17) is 4.98 Å². The zero-order valence-electron chi connectivity index (χ0n) is 17.7. The predicted octanol–water partition coefficient (Wildman–Crippen LogP) is 5.45. The summed E-state index contributed by atoms with van der Waals surface area (Å²) in [6.45, 7) is 6.94. The Bertz CT molecular complexity index is 989. The van der Waals surface area contributed by atoms with Crippen LogP contribution in [0.25, 0.3) is 22.4 Å². The highest BCUT2D eigenvalue weighted by molar-refractivity contribution is 5.84. The molecule has 152 valence electrons. The monoisotopic (exact) mass is 389 g/mol. The van der Waals surface area contributed by atoms with E-state index in [1.54, 1.807) is 0 Å². The smallest absolute Gasteiger partial charge is 0.240 e. The molecule has 0 radical (unpaired) electrons. The van der Waals surface area contributed by atoms with Crippen molar-refractivity contribution in [3.8, 4) is 11.4 Å². The first-order valence-electron chi connectivity index (χ1n) is 10.8. The summed E-state index contributed by atoms with van der Waals surface area (Å²) in [6, 6.07) is 17.0. The fourth-order valence-corrected chi connectivity index (χ4v) is 4.24. The van der Waals surface area contributed by atoms with E-state index < -0.39 is 0 Å². The van der Waals surface area contributed by atoms with Gasteiger partial charge in [-0.1, -0.05) is 76.4 Å². The lowest BCUT2D eigenvalue weighted by Gasteiger charge is -2.23. The summed E-state index contributed by atoms with van der Waals surface area (Å²) in [7, 11) is 0. The predicted molar refractivity (Wildman–Crippen MR) is 119 cm³/mol. The minimum Gasteiger partial charge on any atom is -0.352 e. The van der Waals surface area contributed by atoms with Crippen LogP contribution in [0.15, 0.2) is 48.5 Å². The zero-order valence-corrected chi connectivity index (χ0v) is 17.7.